The highest BCUT2D eigenvalue weighted by molar-refractivity contribution is 7.89. The average molecular weight is 493 g/mol. The third-order valence-electron chi connectivity index (χ3n) is 5.53. The molecule has 3 rings (SSSR count). The van der Waals surface area contributed by atoms with E-state index in [1.54, 1.807) is 19.9 Å². The molecule has 186 valence electrons. The SMILES string of the molecule is CC[C@@H](C)NS(=O)(=O)c1cc(NC(=O)C2CC2)ccc1Oc1c(C)c(C(=O)O)nn1C(C)(C)C. The van der Waals surface area contributed by atoms with E-state index >= 15 is 0 Å². The lowest BCUT2D eigenvalue weighted by Crippen LogP contribution is -2.32. The van der Waals surface area contributed by atoms with Crippen molar-refractivity contribution < 1.29 is 27.9 Å². The number of rotatable bonds is 9. The fraction of sp³-hybridized carbons (Fsp3) is 0.522. The Morgan fingerprint density at radius 3 is 2.47 bits per heavy atom. The first-order chi connectivity index (χ1) is 15.7. The second-order valence-electron chi connectivity index (χ2n) is 9.62. The van der Waals surface area contributed by atoms with Crippen LogP contribution in [-0.2, 0) is 20.4 Å². The number of aromatic carboxylic acids is 1. The molecule has 1 aromatic carbocycles. The van der Waals surface area contributed by atoms with Crippen LogP contribution >= 0.6 is 0 Å². The molecule has 2 aromatic rings. The zero-order chi connectivity index (χ0) is 25.4. The third-order valence-corrected chi connectivity index (χ3v) is 7.14. The number of anilines is 1. The van der Waals surface area contributed by atoms with E-state index in [4.69, 9.17) is 4.74 Å². The fourth-order valence-corrected chi connectivity index (χ4v) is 4.72. The lowest BCUT2D eigenvalue weighted by molar-refractivity contribution is -0.117. The van der Waals surface area contributed by atoms with E-state index in [0.717, 1.165) is 12.8 Å². The van der Waals surface area contributed by atoms with Crippen molar-refractivity contribution in [3.05, 3.63) is 29.5 Å². The Kier molecular flexibility index (Phi) is 7.09. The lowest BCUT2D eigenvalue weighted by atomic mass is 10.1. The van der Waals surface area contributed by atoms with Crippen molar-refractivity contribution in [1.29, 1.82) is 0 Å². The van der Waals surface area contributed by atoms with Crippen LogP contribution in [-0.4, -0.2) is 41.2 Å². The summed E-state index contributed by atoms with van der Waals surface area (Å²) in [5.41, 5.74) is -0.215. The predicted molar refractivity (Wildman–Crippen MR) is 127 cm³/mol. The summed E-state index contributed by atoms with van der Waals surface area (Å²) in [6.07, 6.45) is 2.21. The lowest BCUT2D eigenvalue weighted by Gasteiger charge is -2.23. The summed E-state index contributed by atoms with van der Waals surface area (Å²) in [5.74, 6) is -1.30. The summed E-state index contributed by atoms with van der Waals surface area (Å²) in [6.45, 7) is 10.7. The highest BCUT2D eigenvalue weighted by Gasteiger charge is 2.32. The van der Waals surface area contributed by atoms with Crippen molar-refractivity contribution >= 4 is 27.6 Å². The van der Waals surface area contributed by atoms with E-state index < -0.39 is 21.5 Å². The molecule has 1 aromatic heterocycles. The van der Waals surface area contributed by atoms with Crippen molar-refractivity contribution in [1.82, 2.24) is 14.5 Å². The molecule has 11 heteroatoms. The molecule has 0 spiro atoms. The van der Waals surface area contributed by atoms with Gasteiger partial charge in [-0.05, 0) is 72.1 Å². The van der Waals surface area contributed by atoms with Gasteiger partial charge in [-0.1, -0.05) is 6.92 Å². The molecule has 0 saturated heterocycles. The summed E-state index contributed by atoms with van der Waals surface area (Å²) in [4.78, 5) is 23.7. The third kappa shape index (κ3) is 5.58. The van der Waals surface area contributed by atoms with Gasteiger partial charge in [0.25, 0.3) is 0 Å². The van der Waals surface area contributed by atoms with Gasteiger partial charge < -0.3 is 15.2 Å². The van der Waals surface area contributed by atoms with Gasteiger partial charge in [-0.15, -0.1) is 0 Å². The van der Waals surface area contributed by atoms with E-state index in [2.05, 4.69) is 15.1 Å². The first-order valence-electron chi connectivity index (χ1n) is 11.2. The summed E-state index contributed by atoms with van der Waals surface area (Å²) in [6, 6.07) is 4.03. The minimum Gasteiger partial charge on any atom is -0.476 e. The number of sulfonamides is 1. The Bertz CT molecular complexity index is 1210. The van der Waals surface area contributed by atoms with Crippen LogP contribution in [0.5, 0.6) is 11.6 Å². The standard InChI is InChI=1S/C23H32N4O6S/c1-7-13(2)26-34(31,32)18-12-16(24-20(28)15-8-9-15)10-11-17(18)33-21-14(3)19(22(29)30)25-27(21)23(4,5)6/h10-13,15,26H,7-9H2,1-6H3,(H,24,28)(H,29,30)/t13-/m1/s1. The van der Waals surface area contributed by atoms with Crippen LogP contribution in [0.4, 0.5) is 5.69 Å². The van der Waals surface area contributed by atoms with Crippen LogP contribution in [0.15, 0.2) is 23.1 Å². The van der Waals surface area contributed by atoms with Crippen molar-refractivity contribution in [3.63, 3.8) is 0 Å². The number of carbonyl (C=O) groups is 2. The van der Waals surface area contributed by atoms with Crippen LogP contribution < -0.4 is 14.8 Å². The van der Waals surface area contributed by atoms with Crippen LogP contribution in [0.2, 0.25) is 0 Å². The fourth-order valence-electron chi connectivity index (χ4n) is 3.24. The first kappa shape index (κ1) is 25.7. The van der Waals surface area contributed by atoms with E-state index in [-0.39, 0.29) is 45.6 Å². The maximum atomic E-state index is 13.3. The quantitative estimate of drug-likeness (QED) is 0.483. The summed E-state index contributed by atoms with van der Waals surface area (Å²) < 4.78 is 36.6. The summed E-state index contributed by atoms with van der Waals surface area (Å²) in [7, 11) is -4.03. The predicted octanol–water partition coefficient (Wildman–Crippen LogP) is 3.86. The van der Waals surface area contributed by atoms with Gasteiger partial charge in [0.2, 0.25) is 21.8 Å². The molecule has 1 amide bonds. The molecular formula is C23H32N4O6S. The van der Waals surface area contributed by atoms with Gasteiger partial charge in [-0.3, -0.25) is 4.79 Å². The Morgan fingerprint density at radius 1 is 1.29 bits per heavy atom. The number of carboxylic acids is 1. The minimum atomic E-state index is -4.03. The van der Waals surface area contributed by atoms with E-state index in [0.29, 0.717) is 12.1 Å². The topological polar surface area (TPSA) is 140 Å². The number of amides is 1. The maximum absolute atomic E-state index is 13.3. The Morgan fingerprint density at radius 2 is 1.94 bits per heavy atom. The zero-order valence-electron chi connectivity index (χ0n) is 20.3. The number of benzene rings is 1. The zero-order valence-corrected chi connectivity index (χ0v) is 21.1. The number of nitrogens with one attached hydrogen (secondary N) is 2. The molecule has 1 atom stereocenters. The summed E-state index contributed by atoms with van der Waals surface area (Å²) >= 11 is 0. The number of ether oxygens (including phenoxy) is 1. The highest BCUT2D eigenvalue weighted by atomic mass is 32.2. The summed E-state index contributed by atoms with van der Waals surface area (Å²) in [5, 5.41) is 16.5. The second kappa shape index (κ2) is 9.38. The normalized spacial score (nSPS) is 15.1. The number of aromatic nitrogens is 2. The molecule has 1 fully saturated rings. The Balaban J connectivity index is 2.10. The smallest absolute Gasteiger partial charge is 0.356 e. The van der Waals surface area contributed by atoms with Gasteiger partial charge in [-0.2, -0.15) is 5.10 Å². The molecule has 3 N–H and O–H groups in total. The first-order valence-corrected chi connectivity index (χ1v) is 12.7. The molecule has 1 heterocycles. The number of hydrogen-bond donors (Lipinski definition) is 3. The Labute approximate surface area is 199 Å². The number of hydrogen-bond acceptors (Lipinski definition) is 6. The Hall–Kier alpha value is -2.92. The molecular weight excluding hydrogens is 460 g/mol. The van der Waals surface area contributed by atoms with Gasteiger partial charge in [-0.25, -0.2) is 22.6 Å². The molecule has 0 radical (unpaired) electrons. The monoisotopic (exact) mass is 492 g/mol. The van der Waals surface area contributed by atoms with Gasteiger partial charge in [0.05, 0.1) is 5.54 Å². The molecule has 1 aliphatic rings. The van der Waals surface area contributed by atoms with Crippen LogP contribution in [0.3, 0.4) is 0 Å². The van der Waals surface area contributed by atoms with Crippen molar-refractivity contribution in [2.75, 3.05) is 5.32 Å². The van der Waals surface area contributed by atoms with Crippen molar-refractivity contribution in [3.8, 4) is 11.6 Å². The molecule has 10 nitrogen and oxygen atoms in total. The van der Waals surface area contributed by atoms with Crippen LogP contribution in [0.1, 0.15) is 69.9 Å². The van der Waals surface area contributed by atoms with Crippen molar-refractivity contribution in [2.45, 2.75) is 77.3 Å². The maximum Gasteiger partial charge on any atom is 0.356 e. The molecule has 0 unspecified atom stereocenters. The van der Waals surface area contributed by atoms with Gasteiger partial charge in [0.1, 0.15) is 10.6 Å². The molecule has 34 heavy (non-hydrogen) atoms. The van der Waals surface area contributed by atoms with Gasteiger partial charge >= 0.3 is 5.97 Å². The van der Waals surface area contributed by atoms with E-state index in [1.807, 2.05) is 27.7 Å². The molecule has 0 aliphatic heterocycles. The van der Waals surface area contributed by atoms with E-state index in [1.165, 1.54) is 16.8 Å². The second-order valence-corrected chi connectivity index (χ2v) is 11.3. The molecule has 1 aliphatic carbocycles. The largest absolute Gasteiger partial charge is 0.476 e. The van der Waals surface area contributed by atoms with E-state index in [9.17, 15) is 23.1 Å². The number of nitrogens with zero attached hydrogens (tertiary/aromatic N) is 2. The molecule has 1 saturated carbocycles. The number of carbonyl (C=O) groups excluding carboxylic acids is 1. The van der Waals surface area contributed by atoms with Crippen LogP contribution in [0, 0.1) is 12.8 Å². The molecule has 0 bridgehead atoms. The minimum absolute atomic E-state index is 0.00865. The van der Waals surface area contributed by atoms with Gasteiger partial charge in [0, 0.05) is 23.2 Å². The average Bonchev–Trinajstić information content (AvgIpc) is 3.52. The van der Waals surface area contributed by atoms with Crippen LogP contribution in [0.25, 0.3) is 0 Å². The highest BCUT2D eigenvalue weighted by Crippen LogP contribution is 2.37. The van der Waals surface area contributed by atoms with Crippen molar-refractivity contribution in [2.24, 2.45) is 5.92 Å². The number of carboxylic acid groups (broad SMARTS) is 1. The van der Waals surface area contributed by atoms with Gasteiger partial charge in [0.15, 0.2) is 5.69 Å².